The second-order valence-electron chi connectivity index (χ2n) is 7.18. The van der Waals surface area contributed by atoms with Crippen molar-refractivity contribution in [2.24, 2.45) is 10.7 Å². The summed E-state index contributed by atoms with van der Waals surface area (Å²) in [5.74, 6) is -0.113. The zero-order valence-corrected chi connectivity index (χ0v) is 15.7. The van der Waals surface area contributed by atoms with Crippen molar-refractivity contribution in [2.75, 3.05) is 6.67 Å². The topological polar surface area (TPSA) is 97.7 Å². The summed E-state index contributed by atoms with van der Waals surface area (Å²) in [4.78, 5) is 8.51. The molecule has 4 N–H and O–H groups in total. The predicted octanol–water partition coefficient (Wildman–Crippen LogP) is 2.65. The molecule has 0 saturated carbocycles. The molecule has 1 fully saturated rings. The maximum Gasteiger partial charge on any atom is 0.414 e. The van der Waals surface area contributed by atoms with Crippen molar-refractivity contribution in [3.63, 3.8) is 0 Å². The molecule has 3 atom stereocenters. The molecule has 1 unspecified atom stereocenters. The van der Waals surface area contributed by atoms with E-state index in [0.29, 0.717) is 23.0 Å². The molecular weight excluding hydrogens is 413 g/mol. The fourth-order valence-corrected chi connectivity index (χ4v) is 3.63. The Morgan fingerprint density at radius 2 is 2.10 bits per heavy atom. The molecule has 4 rings (SSSR count). The zero-order valence-electron chi connectivity index (χ0n) is 15.7. The average Bonchev–Trinajstić information content (AvgIpc) is 3.12. The van der Waals surface area contributed by atoms with E-state index in [1.54, 1.807) is 6.92 Å². The van der Waals surface area contributed by atoms with Gasteiger partial charge in [0.05, 0.1) is 11.2 Å². The van der Waals surface area contributed by atoms with Gasteiger partial charge in [-0.25, -0.2) is 18.8 Å². The maximum absolute atomic E-state index is 14.9. The first-order chi connectivity index (χ1) is 14.1. The molecule has 3 heterocycles. The molecule has 162 valence electrons. The van der Waals surface area contributed by atoms with Crippen LogP contribution in [0.5, 0.6) is 0 Å². The third kappa shape index (κ3) is 3.66. The Balaban J connectivity index is 1.77. The number of hydrogen-bond acceptors (Lipinski definition) is 7. The minimum absolute atomic E-state index is 0.196. The van der Waals surface area contributed by atoms with E-state index in [2.05, 4.69) is 25.3 Å². The van der Waals surface area contributed by atoms with Crippen LogP contribution in [0, 0.1) is 12.7 Å². The number of benzene rings is 1. The highest BCUT2D eigenvalue weighted by molar-refractivity contribution is 5.99. The lowest BCUT2D eigenvalue weighted by atomic mass is 9.83. The number of oxazole rings is 1. The van der Waals surface area contributed by atoms with Crippen molar-refractivity contribution in [1.29, 1.82) is 0 Å². The molecule has 1 aromatic carbocycles. The van der Waals surface area contributed by atoms with Crippen LogP contribution in [0.3, 0.4) is 0 Å². The number of nitrogens with one attached hydrogen (secondary N) is 2. The Labute approximate surface area is 167 Å². The number of aryl methyl sites for hydroxylation is 1. The van der Waals surface area contributed by atoms with Crippen LogP contribution in [0.15, 0.2) is 27.8 Å². The SMILES string of the molecule is Cc1nc(C2=Nc3cc([C@]4(CF)C[C@@H](C(F)(F)F)OC(N)N4)c(F)cc3CN2)co1. The summed E-state index contributed by atoms with van der Waals surface area (Å²) >= 11 is 0. The molecule has 2 aliphatic rings. The highest BCUT2D eigenvalue weighted by atomic mass is 19.4. The Morgan fingerprint density at radius 3 is 2.73 bits per heavy atom. The summed E-state index contributed by atoms with van der Waals surface area (Å²) in [5, 5.41) is 5.41. The molecule has 1 aromatic heterocycles. The van der Waals surface area contributed by atoms with Crippen molar-refractivity contribution in [3.05, 3.63) is 46.9 Å². The molecule has 2 aliphatic heterocycles. The number of amidine groups is 1. The minimum atomic E-state index is -4.79. The second kappa shape index (κ2) is 7.29. The minimum Gasteiger partial charge on any atom is -0.449 e. The molecule has 12 heteroatoms. The first-order valence-corrected chi connectivity index (χ1v) is 9.01. The van der Waals surface area contributed by atoms with Gasteiger partial charge in [-0.15, -0.1) is 0 Å². The van der Waals surface area contributed by atoms with Crippen LogP contribution in [0.2, 0.25) is 0 Å². The predicted molar refractivity (Wildman–Crippen MR) is 95.0 cm³/mol. The lowest BCUT2D eigenvalue weighted by Crippen LogP contribution is -2.63. The van der Waals surface area contributed by atoms with Crippen LogP contribution in [0.4, 0.5) is 27.6 Å². The number of halogens is 5. The van der Waals surface area contributed by atoms with Gasteiger partial charge >= 0.3 is 6.18 Å². The normalized spacial score (nSPS) is 26.7. The van der Waals surface area contributed by atoms with Crippen molar-refractivity contribution >= 4 is 11.5 Å². The Hall–Kier alpha value is -2.57. The molecule has 0 spiro atoms. The van der Waals surface area contributed by atoms with E-state index in [-0.39, 0.29) is 17.8 Å². The number of ether oxygens (including phenoxy) is 1. The second-order valence-corrected chi connectivity index (χ2v) is 7.18. The van der Waals surface area contributed by atoms with Gasteiger partial charge in [0, 0.05) is 25.5 Å². The number of rotatable bonds is 3. The number of aliphatic imine (C=N–C) groups is 1. The van der Waals surface area contributed by atoms with E-state index in [1.807, 2.05) is 0 Å². The van der Waals surface area contributed by atoms with Crippen LogP contribution in [0.1, 0.15) is 29.1 Å². The summed E-state index contributed by atoms with van der Waals surface area (Å²) in [6.07, 6.45) is -8.26. The quantitative estimate of drug-likeness (QED) is 0.647. The van der Waals surface area contributed by atoms with Crippen molar-refractivity contribution in [2.45, 2.75) is 44.1 Å². The standard InChI is InChI=1S/C18H18F5N5O2/c1-8-26-13(6-29-8)15-25-5-9-2-11(20)10(3-12(9)27-15)17(7-19)4-14(18(21,22)23)30-16(24)28-17/h2-3,6,14,16,28H,4-5,7,24H2,1H3,(H,25,27)/t14-,16?,17+/m0/s1. The molecule has 30 heavy (non-hydrogen) atoms. The fourth-order valence-electron chi connectivity index (χ4n) is 3.63. The number of fused-ring (bicyclic) bond motifs is 1. The van der Waals surface area contributed by atoms with Gasteiger partial charge in [0.1, 0.15) is 24.4 Å². The van der Waals surface area contributed by atoms with Gasteiger partial charge in [-0.2, -0.15) is 13.2 Å². The van der Waals surface area contributed by atoms with Gasteiger partial charge in [-0.05, 0) is 17.7 Å². The highest BCUT2D eigenvalue weighted by Gasteiger charge is 2.52. The van der Waals surface area contributed by atoms with E-state index in [9.17, 15) is 22.0 Å². The van der Waals surface area contributed by atoms with Crippen LogP contribution >= 0.6 is 0 Å². The Kier molecular flexibility index (Phi) is 5.03. The molecular formula is C18H18F5N5O2. The van der Waals surface area contributed by atoms with Crippen LogP contribution in [0.25, 0.3) is 0 Å². The first kappa shape index (κ1) is 20.7. The maximum atomic E-state index is 14.9. The van der Waals surface area contributed by atoms with Crippen molar-refractivity contribution in [3.8, 4) is 0 Å². The van der Waals surface area contributed by atoms with Crippen molar-refractivity contribution in [1.82, 2.24) is 15.6 Å². The Bertz CT molecular complexity index is 992. The lowest BCUT2D eigenvalue weighted by molar-refractivity contribution is -0.262. The summed E-state index contributed by atoms with van der Waals surface area (Å²) in [5.41, 5.74) is 4.33. The van der Waals surface area contributed by atoms with Crippen LogP contribution < -0.4 is 16.4 Å². The summed E-state index contributed by atoms with van der Waals surface area (Å²) in [7, 11) is 0. The third-order valence-electron chi connectivity index (χ3n) is 5.08. The summed E-state index contributed by atoms with van der Waals surface area (Å²) in [6, 6.07) is 2.35. The van der Waals surface area contributed by atoms with Crippen molar-refractivity contribution < 1.29 is 31.1 Å². The van der Waals surface area contributed by atoms with E-state index < -0.39 is 43.1 Å². The van der Waals surface area contributed by atoms with E-state index in [1.165, 1.54) is 12.3 Å². The molecule has 1 saturated heterocycles. The largest absolute Gasteiger partial charge is 0.449 e. The van der Waals surface area contributed by atoms with Gasteiger partial charge in [0.2, 0.25) is 0 Å². The average molecular weight is 431 g/mol. The van der Waals surface area contributed by atoms with Crippen LogP contribution in [-0.4, -0.2) is 36.1 Å². The number of nitrogens with two attached hydrogens (primary N) is 1. The monoisotopic (exact) mass is 431 g/mol. The van der Waals surface area contributed by atoms with Gasteiger partial charge in [0.15, 0.2) is 24.2 Å². The highest BCUT2D eigenvalue weighted by Crippen LogP contribution is 2.41. The summed E-state index contributed by atoms with van der Waals surface area (Å²) < 4.78 is 78.6. The van der Waals surface area contributed by atoms with Gasteiger partial charge in [-0.1, -0.05) is 0 Å². The van der Waals surface area contributed by atoms with Gasteiger partial charge in [-0.3, -0.25) is 11.1 Å². The number of aromatic nitrogens is 1. The zero-order chi connectivity index (χ0) is 21.7. The smallest absolute Gasteiger partial charge is 0.414 e. The third-order valence-corrected chi connectivity index (χ3v) is 5.08. The van der Waals surface area contributed by atoms with Gasteiger partial charge < -0.3 is 14.5 Å². The summed E-state index contributed by atoms with van der Waals surface area (Å²) in [6.45, 7) is 0.515. The molecule has 0 amide bonds. The molecule has 7 nitrogen and oxygen atoms in total. The van der Waals surface area contributed by atoms with Crippen LogP contribution in [-0.2, 0) is 16.8 Å². The number of nitrogens with zero attached hydrogens (tertiary/aromatic N) is 2. The number of alkyl halides is 4. The molecule has 2 aromatic rings. The number of hydrogen-bond donors (Lipinski definition) is 3. The van der Waals surface area contributed by atoms with Gasteiger partial charge in [0.25, 0.3) is 0 Å². The molecule has 0 radical (unpaired) electrons. The molecule has 0 aliphatic carbocycles. The first-order valence-electron chi connectivity index (χ1n) is 9.01. The Morgan fingerprint density at radius 1 is 1.33 bits per heavy atom. The van der Waals surface area contributed by atoms with E-state index in [0.717, 1.165) is 6.07 Å². The lowest BCUT2D eigenvalue weighted by Gasteiger charge is -2.44. The fraction of sp³-hybridized carbons (Fsp3) is 0.444. The van der Waals surface area contributed by atoms with E-state index in [4.69, 9.17) is 10.2 Å². The van der Waals surface area contributed by atoms with E-state index >= 15 is 0 Å². The molecule has 0 bridgehead atoms.